The molecule has 0 unspecified atom stereocenters. The van der Waals surface area contributed by atoms with E-state index in [2.05, 4.69) is 0 Å². The number of allylic oxidation sites excluding steroid dienone is 1. The zero-order chi connectivity index (χ0) is 15.1. The molecule has 0 aromatic heterocycles. The van der Waals surface area contributed by atoms with Gasteiger partial charge in [0.25, 0.3) is 0 Å². The Morgan fingerprint density at radius 2 is 1.55 bits per heavy atom. The maximum Gasteiger partial charge on any atom is 1.00 e. The van der Waals surface area contributed by atoms with Crippen LogP contribution < -0.4 is 29.6 Å². The van der Waals surface area contributed by atoms with Gasteiger partial charge >= 0.3 is 39.7 Å². The van der Waals surface area contributed by atoms with Gasteiger partial charge < -0.3 is 5.61 Å². The van der Waals surface area contributed by atoms with Crippen molar-refractivity contribution >= 4 is 21.8 Å². The monoisotopic (exact) mass is 324 g/mol. The third kappa shape index (κ3) is 6.20. The first-order valence-electron chi connectivity index (χ1n) is 6.45. The number of benzene rings is 2. The zero-order valence-corrected chi connectivity index (χ0v) is 15.5. The van der Waals surface area contributed by atoms with Crippen molar-refractivity contribution in [3.8, 4) is 0 Å². The van der Waals surface area contributed by atoms with Crippen LogP contribution in [0, 0.1) is 0 Å². The summed E-state index contributed by atoms with van der Waals surface area (Å²) in [7, 11) is -3.75. The second-order valence-corrected chi connectivity index (χ2v) is 5.88. The summed E-state index contributed by atoms with van der Waals surface area (Å²) in [6.45, 7) is 1.73. The van der Waals surface area contributed by atoms with Gasteiger partial charge in [-0.05, 0) is 29.7 Å². The van der Waals surface area contributed by atoms with Crippen LogP contribution in [0.2, 0.25) is 0 Å². The molecule has 0 aliphatic rings. The molecule has 110 valence electrons. The Morgan fingerprint density at radius 1 is 1.00 bits per heavy atom. The van der Waals surface area contributed by atoms with E-state index in [1.54, 1.807) is 13.0 Å². The van der Waals surface area contributed by atoms with Gasteiger partial charge in [-0.3, -0.25) is 0 Å². The molecule has 0 spiro atoms. The predicted molar refractivity (Wildman–Crippen MR) is 86.7 cm³/mol. The Balaban J connectivity index is 0.00000242. The minimum atomic E-state index is -3.75. The normalized spacial score (nSPS) is 12.0. The first-order valence-corrected chi connectivity index (χ1v) is 7.92. The largest absolute Gasteiger partial charge is 1.00 e. The van der Waals surface area contributed by atoms with Crippen LogP contribution >= 0.6 is 0 Å². The number of hydrogen-bond acceptors (Lipinski definition) is 3. The second-order valence-electron chi connectivity index (χ2n) is 4.47. The molecule has 5 heteroatoms. The van der Waals surface area contributed by atoms with Crippen LogP contribution in [0.15, 0.2) is 72.3 Å². The molecule has 0 aliphatic heterocycles. The summed E-state index contributed by atoms with van der Waals surface area (Å²) in [6.07, 6.45) is 2.78. The van der Waals surface area contributed by atoms with Crippen molar-refractivity contribution < 1.29 is 43.6 Å². The molecule has 22 heavy (non-hydrogen) atoms. The average Bonchev–Trinajstić information content (AvgIpc) is 2.48. The fourth-order valence-electron chi connectivity index (χ4n) is 1.76. The van der Waals surface area contributed by atoms with Gasteiger partial charge in [0.1, 0.15) is 6.26 Å². The van der Waals surface area contributed by atoms with E-state index in [0.717, 1.165) is 16.5 Å². The summed E-state index contributed by atoms with van der Waals surface area (Å²) in [5.41, 5.74) is 2.34. The molecule has 0 bridgehead atoms. The first kappa shape index (κ1) is 18.7. The molecule has 0 radical (unpaired) electrons. The Kier molecular flexibility index (Phi) is 7.62. The van der Waals surface area contributed by atoms with Crippen molar-refractivity contribution in [3.63, 3.8) is 0 Å². The molecule has 0 amide bonds. The van der Waals surface area contributed by atoms with Crippen LogP contribution in [-0.2, 0) is 14.3 Å². The molecule has 2 aromatic rings. The van der Waals surface area contributed by atoms with E-state index < -0.39 is 10.1 Å². The van der Waals surface area contributed by atoms with Crippen LogP contribution in [-0.4, -0.2) is 8.42 Å². The molecule has 0 N–H and O–H groups in total. The van der Waals surface area contributed by atoms with Gasteiger partial charge in [-0.1, -0.05) is 60.7 Å². The maximum atomic E-state index is 11.9. The molecule has 0 atom stereocenters. The van der Waals surface area contributed by atoms with Gasteiger partial charge in [0.05, 0.1) is 5.41 Å². The fraction of sp³-hybridized carbons (Fsp3) is 0.0588. The third-order valence-corrected chi connectivity index (χ3v) is 3.82. The Morgan fingerprint density at radius 3 is 2.14 bits per heavy atom. The van der Waals surface area contributed by atoms with Gasteiger partial charge in [-0.25, -0.2) is 0 Å². The van der Waals surface area contributed by atoms with Gasteiger partial charge in [0, 0.05) is 0 Å². The molecule has 3 nitrogen and oxygen atoms in total. The van der Waals surface area contributed by atoms with Crippen molar-refractivity contribution in [1.82, 2.24) is 0 Å². The standard InChI is InChI=1S/C17H16O3S.Na.H/c1-15(17-10-6-3-7-11-17)14-21(18,19)20-13-12-16-8-4-2-5-9-16;;/h2-14H,1H3;;/q;+1;-1. The summed E-state index contributed by atoms with van der Waals surface area (Å²) >= 11 is 0. The van der Waals surface area contributed by atoms with E-state index in [1.807, 2.05) is 60.7 Å². The van der Waals surface area contributed by atoms with Gasteiger partial charge in [0.15, 0.2) is 0 Å². The first-order chi connectivity index (χ1) is 10.1. The van der Waals surface area contributed by atoms with Crippen LogP contribution in [0.25, 0.3) is 11.6 Å². The molecular formula is C17H17NaO3S. The Labute approximate surface area is 155 Å². The van der Waals surface area contributed by atoms with E-state index in [1.165, 1.54) is 6.26 Å². The third-order valence-electron chi connectivity index (χ3n) is 2.80. The molecule has 2 rings (SSSR count). The molecule has 2 aromatic carbocycles. The molecule has 0 saturated carbocycles. The number of hydrogen-bond donors (Lipinski definition) is 0. The summed E-state index contributed by atoms with van der Waals surface area (Å²) in [5, 5.41) is 1.12. The van der Waals surface area contributed by atoms with Crippen LogP contribution in [0.3, 0.4) is 0 Å². The average molecular weight is 324 g/mol. The summed E-state index contributed by atoms with van der Waals surface area (Å²) < 4.78 is 28.6. The van der Waals surface area contributed by atoms with E-state index in [0.29, 0.717) is 5.57 Å². The van der Waals surface area contributed by atoms with Crippen LogP contribution in [0.5, 0.6) is 0 Å². The summed E-state index contributed by atoms with van der Waals surface area (Å²) in [4.78, 5) is 0. The molecule has 0 saturated heterocycles. The molecule has 0 aliphatic carbocycles. The van der Waals surface area contributed by atoms with Crippen molar-refractivity contribution in [2.75, 3.05) is 0 Å². The molecule has 0 fully saturated rings. The minimum absolute atomic E-state index is 0. The van der Waals surface area contributed by atoms with Crippen molar-refractivity contribution in [2.45, 2.75) is 6.92 Å². The van der Waals surface area contributed by atoms with E-state index >= 15 is 0 Å². The SMILES string of the molecule is CC(=CS(=O)(=O)OC=Cc1ccccc1)c1ccccc1.[H-].[Na+]. The Hall–Kier alpha value is -1.33. The minimum Gasteiger partial charge on any atom is -1.00 e. The van der Waals surface area contributed by atoms with Crippen molar-refractivity contribution in [3.05, 3.63) is 83.5 Å². The fourth-order valence-corrected chi connectivity index (χ4v) is 2.60. The summed E-state index contributed by atoms with van der Waals surface area (Å²) in [6, 6.07) is 18.6. The smallest absolute Gasteiger partial charge is 1.00 e. The summed E-state index contributed by atoms with van der Waals surface area (Å²) in [5.74, 6) is 0. The topological polar surface area (TPSA) is 43.4 Å². The van der Waals surface area contributed by atoms with Gasteiger partial charge in [-0.15, -0.1) is 0 Å². The van der Waals surface area contributed by atoms with Crippen LogP contribution in [0.1, 0.15) is 19.5 Å². The van der Waals surface area contributed by atoms with Crippen LogP contribution in [0.4, 0.5) is 0 Å². The molecular weight excluding hydrogens is 307 g/mol. The Bertz CT molecular complexity index is 742. The van der Waals surface area contributed by atoms with E-state index in [-0.39, 0.29) is 31.0 Å². The predicted octanol–water partition coefficient (Wildman–Crippen LogP) is 1.18. The quantitative estimate of drug-likeness (QED) is 0.471. The van der Waals surface area contributed by atoms with Crippen molar-refractivity contribution in [1.29, 1.82) is 0 Å². The molecule has 0 heterocycles. The van der Waals surface area contributed by atoms with Gasteiger partial charge in [-0.2, -0.15) is 8.42 Å². The zero-order valence-electron chi connectivity index (χ0n) is 13.6. The van der Waals surface area contributed by atoms with E-state index in [9.17, 15) is 8.42 Å². The van der Waals surface area contributed by atoms with Crippen molar-refractivity contribution in [2.24, 2.45) is 0 Å². The second kappa shape index (κ2) is 8.96. The maximum absolute atomic E-state index is 11.9. The van der Waals surface area contributed by atoms with E-state index in [4.69, 9.17) is 4.18 Å². The number of rotatable bonds is 5. The van der Waals surface area contributed by atoms with Gasteiger partial charge in [0.2, 0.25) is 0 Å².